The molecule has 0 radical (unpaired) electrons. The first kappa shape index (κ1) is 34.2. The van der Waals surface area contributed by atoms with Crippen molar-refractivity contribution >= 4 is 68.2 Å². The monoisotopic (exact) mass is 761 g/mol. The minimum Gasteiger partial charge on any atom is -0.490 e. The summed E-state index contributed by atoms with van der Waals surface area (Å²) in [5, 5.41) is 12.8. The van der Waals surface area contributed by atoms with Crippen molar-refractivity contribution in [2.75, 3.05) is 20.3 Å². The Balaban J connectivity index is 1.58. The van der Waals surface area contributed by atoms with Gasteiger partial charge in [0.25, 0.3) is 5.56 Å². The van der Waals surface area contributed by atoms with E-state index in [1.54, 1.807) is 42.5 Å². The van der Waals surface area contributed by atoms with Crippen molar-refractivity contribution in [2.45, 2.75) is 26.5 Å². The van der Waals surface area contributed by atoms with E-state index in [1.165, 1.54) is 30.0 Å². The number of esters is 1. The number of methoxy groups -OCH3 is 1. The number of hydrogen-bond acceptors (Lipinski definition) is 10. The summed E-state index contributed by atoms with van der Waals surface area (Å²) in [5.74, 6) is 0.318. The number of nitrogens with zero attached hydrogens (tertiary/aromatic N) is 3. The maximum Gasteiger partial charge on any atom is 0.337 e. The van der Waals surface area contributed by atoms with Crippen molar-refractivity contribution in [1.82, 2.24) is 4.57 Å². The molecule has 0 amide bonds. The lowest BCUT2D eigenvalue weighted by molar-refractivity contribution is -0.386. The highest BCUT2D eigenvalue weighted by atomic mass is 79.9. The first-order valence-corrected chi connectivity index (χ1v) is 16.5. The molecule has 1 aliphatic rings. The number of thiazole rings is 1. The summed E-state index contributed by atoms with van der Waals surface area (Å²) in [6.45, 7) is 4.47. The highest BCUT2D eigenvalue weighted by molar-refractivity contribution is 9.10. The molecule has 4 aromatic rings. The number of carbonyl (C=O) groups excluding carboxylic acids is 1. The highest BCUT2D eigenvalue weighted by Crippen LogP contribution is 2.38. The Bertz CT molecular complexity index is 2100. The van der Waals surface area contributed by atoms with Gasteiger partial charge in [-0.3, -0.25) is 19.5 Å². The highest BCUT2D eigenvalue weighted by Gasteiger charge is 2.31. The Hall–Kier alpha value is -4.17. The average Bonchev–Trinajstić information content (AvgIpc) is 3.36. The Morgan fingerprint density at radius 2 is 1.81 bits per heavy atom. The zero-order valence-electron chi connectivity index (χ0n) is 25.1. The summed E-state index contributed by atoms with van der Waals surface area (Å²) >= 11 is 16.5. The van der Waals surface area contributed by atoms with Crippen molar-refractivity contribution in [3.63, 3.8) is 0 Å². The third kappa shape index (κ3) is 7.23. The standard InChI is InChI=1S/C32H26BrCl2N3O8S/c1-4-44-25-9-7-19(14-26(25)45-5-2)28-20(31(40)43-3)15-36-32-37(28)30(39)27(47-32)13-18-10-21(33)29(24(12-18)38(41)42)46-16-17-6-8-22(34)23(35)11-17/h6-15,28H,4-5,16H2,1-3H3/b27-13+/t28-/m0/s1. The molecular formula is C32H26BrCl2N3O8S. The largest absolute Gasteiger partial charge is 0.490 e. The van der Waals surface area contributed by atoms with Crippen molar-refractivity contribution < 1.29 is 28.7 Å². The predicted octanol–water partition coefficient (Wildman–Crippen LogP) is 6.37. The van der Waals surface area contributed by atoms with Crippen LogP contribution in [-0.4, -0.2) is 35.8 Å². The lowest BCUT2D eigenvalue weighted by atomic mass is 9.97. The quantitative estimate of drug-likeness (QED) is 0.0979. The van der Waals surface area contributed by atoms with Crippen LogP contribution in [0.15, 0.2) is 74.6 Å². The van der Waals surface area contributed by atoms with Crippen LogP contribution in [0.5, 0.6) is 17.2 Å². The molecule has 15 heteroatoms. The van der Waals surface area contributed by atoms with Gasteiger partial charge in [-0.25, -0.2) is 9.79 Å². The molecule has 0 spiro atoms. The second kappa shape index (κ2) is 14.7. The molecule has 0 unspecified atom stereocenters. The number of aromatic nitrogens is 1. The van der Waals surface area contributed by atoms with Crippen LogP contribution < -0.4 is 29.1 Å². The van der Waals surface area contributed by atoms with Crippen LogP contribution in [0.3, 0.4) is 0 Å². The lowest BCUT2D eigenvalue weighted by Crippen LogP contribution is -2.39. The second-order valence-corrected chi connectivity index (χ2v) is 12.6. The fourth-order valence-corrected chi connectivity index (χ4v) is 6.76. The molecule has 1 aliphatic heterocycles. The number of ether oxygens (including phenoxy) is 4. The van der Waals surface area contributed by atoms with Gasteiger partial charge in [0.05, 0.1) is 55.9 Å². The van der Waals surface area contributed by atoms with Crippen LogP contribution >= 0.6 is 50.5 Å². The average molecular weight is 763 g/mol. The molecule has 0 fully saturated rings. The van der Waals surface area contributed by atoms with Crippen molar-refractivity contribution in [3.05, 3.63) is 121 Å². The van der Waals surface area contributed by atoms with E-state index in [2.05, 4.69) is 20.9 Å². The molecule has 0 saturated carbocycles. The van der Waals surface area contributed by atoms with Crippen molar-refractivity contribution in [3.8, 4) is 17.2 Å². The number of nitro groups is 1. The summed E-state index contributed by atoms with van der Waals surface area (Å²) in [7, 11) is 1.25. The van der Waals surface area contributed by atoms with E-state index in [0.29, 0.717) is 60.7 Å². The molecule has 1 aromatic heterocycles. The fourth-order valence-electron chi connectivity index (χ4n) is 4.88. The van der Waals surface area contributed by atoms with Gasteiger partial charge >= 0.3 is 11.7 Å². The molecule has 1 atom stereocenters. The number of carbonyl (C=O) groups is 1. The molecule has 0 N–H and O–H groups in total. The van der Waals surface area contributed by atoms with Gasteiger partial charge in [0.1, 0.15) is 6.61 Å². The van der Waals surface area contributed by atoms with Gasteiger partial charge in [-0.15, -0.1) is 0 Å². The van der Waals surface area contributed by atoms with Crippen LogP contribution in [0.2, 0.25) is 10.0 Å². The molecule has 0 aliphatic carbocycles. The van der Waals surface area contributed by atoms with Crippen molar-refractivity contribution in [1.29, 1.82) is 0 Å². The number of rotatable bonds is 11. The maximum absolute atomic E-state index is 14.0. The van der Waals surface area contributed by atoms with Crippen LogP contribution in [0, 0.1) is 10.1 Å². The zero-order chi connectivity index (χ0) is 33.8. The van der Waals surface area contributed by atoms with Crippen LogP contribution in [-0.2, 0) is 16.1 Å². The SMILES string of the molecule is CCOc1ccc([C@H]2C(C(=O)OC)=CN=c3s/c(=C/c4cc(Br)c(OCc5ccc(Cl)c(Cl)c5)c([N+](=O)[O-])c4)c(=O)n32)cc1OCC. The molecule has 0 bridgehead atoms. The van der Waals surface area contributed by atoms with Gasteiger partial charge in [-0.05, 0) is 82.9 Å². The van der Waals surface area contributed by atoms with E-state index in [-0.39, 0.29) is 28.1 Å². The molecule has 5 rings (SSSR count). The van der Waals surface area contributed by atoms with E-state index in [9.17, 15) is 19.7 Å². The normalized spacial score (nSPS) is 14.1. The minimum atomic E-state index is -0.894. The summed E-state index contributed by atoms with van der Waals surface area (Å²) in [6.07, 6.45) is 2.90. The Morgan fingerprint density at radius 1 is 1.06 bits per heavy atom. The van der Waals surface area contributed by atoms with E-state index in [1.807, 2.05) is 13.8 Å². The number of fused-ring (bicyclic) bond motifs is 1. The molecule has 47 heavy (non-hydrogen) atoms. The van der Waals surface area contributed by atoms with E-state index >= 15 is 0 Å². The first-order chi connectivity index (χ1) is 22.6. The molecule has 0 saturated heterocycles. The molecule has 3 aromatic carbocycles. The van der Waals surface area contributed by atoms with Gasteiger partial charge in [0.2, 0.25) is 5.75 Å². The van der Waals surface area contributed by atoms with Gasteiger partial charge in [-0.1, -0.05) is 46.7 Å². The summed E-state index contributed by atoms with van der Waals surface area (Å²) in [4.78, 5) is 43.1. The third-order valence-electron chi connectivity index (χ3n) is 6.92. The predicted molar refractivity (Wildman–Crippen MR) is 182 cm³/mol. The number of nitro benzene ring substituents is 1. The fraction of sp³-hybridized carbons (Fsp3) is 0.219. The molecule has 2 heterocycles. The van der Waals surface area contributed by atoms with E-state index in [0.717, 1.165) is 11.3 Å². The zero-order valence-corrected chi connectivity index (χ0v) is 29.0. The molecule has 11 nitrogen and oxygen atoms in total. The lowest BCUT2D eigenvalue weighted by Gasteiger charge is -2.23. The summed E-state index contributed by atoms with van der Waals surface area (Å²) in [5.41, 5.74) is 0.950. The summed E-state index contributed by atoms with van der Waals surface area (Å²) < 4.78 is 24.2. The first-order valence-electron chi connectivity index (χ1n) is 14.1. The van der Waals surface area contributed by atoms with Gasteiger partial charge in [0, 0.05) is 12.3 Å². The number of benzene rings is 3. The van der Waals surface area contributed by atoms with E-state index < -0.39 is 22.5 Å². The van der Waals surface area contributed by atoms with Crippen LogP contribution in [0.25, 0.3) is 6.08 Å². The molecular weight excluding hydrogens is 737 g/mol. The smallest absolute Gasteiger partial charge is 0.337 e. The third-order valence-corrected chi connectivity index (χ3v) is 9.24. The van der Waals surface area contributed by atoms with Gasteiger partial charge in [0.15, 0.2) is 16.3 Å². The van der Waals surface area contributed by atoms with Crippen LogP contribution in [0.4, 0.5) is 5.69 Å². The van der Waals surface area contributed by atoms with Gasteiger partial charge < -0.3 is 18.9 Å². The Labute approximate surface area is 290 Å². The number of hydrogen-bond donors (Lipinski definition) is 0. The van der Waals surface area contributed by atoms with Crippen LogP contribution in [0.1, 0.15) is 36.6 Å². The Morgan fingerprint density at radius 3 is 2.49 bits per heavy atom. The second-order valence-electron chi connectivity index (χ2n) is 9.89. The van der Waals surface area contributed by atoms with Crippen molar-refractivity contribution in [2.24, 2.45) is 4.99 Å². The van der Waals surface area contributed by atoms with Gasteiger partial charge in [-0.2, -0.15) is 0 Å². The Kier molecular flexibility index (Phi) is 10.7. The molecule has 244 valence electrons. The minimum absolute atomic E-state index is 0.00278. The summed E-state index contributed by atoms with van der Waals surface area (Å²) in [6, 6.07) is 12.1. The topological polar surface area (TPSA) is 131 Å². The number of halogens is 3. The van der Waals surface area contributed by atoms with E-state index in [4.69, 9.17) is 42.1 Å². The maximum atomic E-state index is 14.0.